The summed E-state index contributed by atoms with van der Waals surface area (Å²) in [6.45, 7) is 6.22. The molecule has 198 valence electrons. The average molecular weight is 541 g/mol. The first kappa shape index (κ1) is 26.9. The molecule has 1 N–H and O–H groups in total. The van der Waals surface area contributed by atoms with Gasteiger partial charge in [0.25, 0.3) is 0 Å². The van der Waals surface area contributed by atoms with E-state index in [0.717, 1.165) is 12.1 Å². The van der Waals surface area contributed by atoms with Crippen molar-refractivity contribution in [3.8, 4) is 28.1 Å². The second-order valence-electron chi connectivity index (χ2n) is 8.44. The van der Waals surface area contributed by atoms with Crippen molar-refractivity contribution in [2.75, 3.05) is 6.54 Å². The zero-order valence-electron chi connectivity index (χ0n) is 21.0. The summed E-state index contributed by atoms with van der Waals surface area (Å²) in [6.07, 6.45) is 4.92. The lowest BCUT2D eigenvalue weighted by atomic mass is 9.98. The van der Waals surface area contributed by atoms with Crippen molar-refractivity contribution in [3.63, 3.8) is 0 Å². The van der Waals surface area contributed by atoms with Crippen molar-refractivity contribution in [2.24, 2.45) is 0 Å². The maximum absolute atomic E-state index is 14.7. The molecule has 4 aromatic rings. The first-order valence-electron chi connectivity index (χ1n) is 11.9. The number of carbonyl (C=O) groups is 1. The Labute approximate surface area is 219 Å². The molecular formula is C27H26F2N4O4S. The number of ether oxygens (including phenoxy) is 1. The molecular weight excluding hydrogens is 514 g/mol. The molecule has 0 aliphatic carbocycles. The maximum atomic E-state index is 14.7. The van der Waals surface area contributed by atoms with Crippen LogP contribution in [-0.4, -0.2) is 35.8 Å². The molecule has 0 fully saturated rings. The van der Waals surface area contributed by atoms with Crippen molar-refractivity contribution in [2.45, 2.75) is 43.5 Å². The number of halogens is 2. The molecule has 0 radical (unpaired) electrons. The molecule has 11 heteroatoms. The fourth-order valence-electron chi connectivity index (χ4n) is 3.97. The van der Waals surface area contributed by atoms with Crippen LogP contribution in [0.25, 0.3) is 22.4 Å². The number of pyridine rings is 1. The highest BCUT2D eigenvalue weighted by atomic mass is 32.2. The van der Waals surface area contributed by atoms with Crippen LogP contribution in [0.15, 0.2) is 70.8 Å². The quantitative estimate of drug-likeness (QED) is 0.314. The van der Waals surface area contributed by atoms with Crippen LogP contribution in [0, 0.1) is 18.6 Å². The molecule has 0 spiro atoms. The van der Waals surface area contributed by atoms with Crippen molar-refractivity contribution in [1.82, 2.24) is 20.1 Å². The van der Waals surface area contributed by atoms with Gasteiger partial charge >= 0.3 is 6.09 Å². The van der Waals surface area contributed by atoms with Crippen molar-refractivity contribution in [1.29, 1.82) is 0 Å². The van der Waals surface area contributed by atoms with E-state index in [4.69, 9.17) is 4.74 Å². The number of aromatic nitrogens is 3. The van der Waals surface area contributed by atoms with Gasteiger partial charge in [-0.1, -0.05) is 6.92 Å². The van der Waals surface area contributed by atoms with E-state index in [1.54, 1.807) is 42.3 Å². The second-order valence-corrected chi connectivity index (χ2v) is 10.3. The SMILES string of the molecule is CCCNC(=O)Oc1ccc(S(=O)(=O)c2cc(F)ccc2F)c(-c2nn(CC)cc2-c2ccncc2)c1C. The van der Waals surface area contributed by atoms with E-state index in [1.165, 1.54) is 12.1 Å². The molecule has 38 heavy (non-hydrogen) atoms. The van der Waals surface area contributed by atoms with Crippen LogP contribution in [0.1, 0.15) is 25.8 Å². The van der Waals surface area contributed by atoms with E-state index >= 15 is 0 Å². The Morgan fingerprint density at radius 3 is 2.47 bits per heavy atom. The van der Waals surface area contributed by atoms with Crippen molar-refractivity contribution in [3.05, 3.63) is 78.3 Å². The summed E-state index contributed by atoms with van der Waals surface area (Å²) in [5.41, 5.74) is 1.95. The number of nitrogens with zero attached hydrogens (tertiary/aromatic N) is 3. The minimum Gasteiger partial charge on any atom is -0.410 e. The third kappa shape index (κ3) is 5.28. The van der Waals surface area contributed by atoms with Crippen LogP contribution >= 0.6 is 0 Å². The van der Waals surface area contributed by atoms with E-state index < -0.39 is 32.5 Å². The molecule has 4 rings (SSSR count). The number of rotatable bonds is 8. The summed E-state index contributed by atoms with van der Waals surface area (Å²) >= 11 is 0. The van der Waals surface area contributed by atoms with E-state index in [9.17, 15) is 22.0 Å². The van der Waals surface area contributed by atoms with Crippen LogP contribution in [0.5, 0.6) is 5.75 Å². The normalized spacial score (nSPS) is 11.4. The lowest BCUT2D eigenvalue weighted by molar-refractivity contribution is 0.200. The molecule has 0 aliphatic heterocycles. The van der Waals surface area contributed by atoms with Gasteiger partial charge in [-0.25, -0.2) is 22.0 Å². The first-order valence-corrected chi connectivity index (χ1v) is 13.4. The van der Waals surface area contributed by atoms with Gasteiger partial charge in [0, 0.05) is 48.4 Å². The average Bonchev–Trinajstić information content (AvgIpc) is 3.34. The number of amides is 1. The maximum Gasteiger partial charge on any atom is 0.412 e. The Bertz CT molecular complexity index is 1590. The van der Waals surface area contributed by atoms with Gasteiger partial charge in [-0.15, -0.1) is 0 Å². The smallest absolute Gasteiger partial charge is 0.410 e. The minimum atomic E-state index is -4.58. The van der Waals surface area contributed by atoms with Gasteiger partial charge in [0.15, 0.2) is 0 Å². The van der Waals surface area contributed by atoms with Gasteiger partial charge < -0.3 is 10.1 Å². The number of hydrogen-bond acceptors (Lipinski definition) is 6. The lowest BCUT2D eigenvalue weighted by Crippen LogP contribution is -2.27. The van der Waals surface area contributed by atoms with Gasteiger partial charge in [-0.3, -0.25) is 9.67 Å². The molecule has 0 unspecified atom stereocenters. The van der Waals surface area contributed by atoms with Gasteiger partial charge in [0.2, 0.25) is 9.84 Å². The molecule has 2 aromatic heterocycles. The second kappa shape index (κ2) is 11.1. The molecule has 0 bridgehead atoms. The number of hydrogen-bond donors (Lipinski definition) is 1. The summed E-state index contributed by atoms with van der Waals surface area (Å²) in [5.74, 6) is -1.90. The van der Waals surface area contributed by atoms with Crippen LogP contribution in [0.2, 0.25) is 0 Å². The number of carbonyl (C=O) groups excluding carboxylic acids is 1. The van der Waals surface area contributed by atoms with Crippen LogP contribution < -0.4 is 10.1 Å². The van der Waals surface area contributed by atoms with Crippen LogP contribution in [0.4, 0.5) is 13.6 Å². The molecule has 2 aromatic carbocycles. The summed E-state index contributed by atoms with van der Waals surface area (Å²) in [7, 11) is -4.58. The third-order valence-corrected chi connectivity index (χ3v) is 7.70. The van der Waals surface area contributed by atoms with Gasteiger partial charge in [0.1, 0.15) is 28.0 Å². The zero-order chi connectivity index (χ0) is 27.4. The third-order valence-electron chi connectivity index (χ3n) is 5.89. The Hall–Kier alpha value is -4.12. The Kier molecular flexibility index (Phi) is 7.86. The Morgan fingerprint density at radius 2 is 1.79 bits per heavy atom. The molecule has 0 saturated carbocycles. The number of benzene rings is 2. The van der Waals surface area contributed by atoms with Crippen LogP contribution in [-0.2, 0) is 16.4 Å². The van der Waals surface area contributed by atoms with E-state index in [-0.39, 0.29) is 27.5 Å². The fraction of sp³-hybridized carbons (Fsp3) is 0.222. The minimum absolute atomic E-state index is 0.0963. The number of aryl methyl sites for hydroxylation is 1. The Morgan fingerprint density at radius 1 is 1.05 bits per heavy atom. The topological polar surface area (TPSA) is 103 Å². The predicted octanol–water partition coefficient (Wildman–Crippen LogP) is 5.55. The first-order chi connectivity index (χ1) is 18.2. The van der Waals surface area contributed by atoms with Crippen molar-refractivity contribution < 1.29 is 26.7 Å². The molecule has 0 atom stereocenters. The molecule has 2 heterocycles. The summed E-state index contributed by atoms with van der Waals surface area (Å²) in [6, 6.07) is 8.27. The predicted molar refractivity (Wildman–Crippen MR) is 137 cm³/mol. The monoisotopic (exact) mass is 540 g/mol. The van der Waals surface area contributed by atoms with E-state index in [1.807, 2.05) is 13.8 Å². The highest BCUT2D eigenvalue weighted by Crippen LogP contribution is 2.42. The Balaban J connectivity index is 2.01. The van der Waals surface area contributed by atoms with Gasteiger partial charge in [-0.2, -0.15) is 5.10 Å². The lowest BCUT2D eigenvalue weighted by Gasteiger charge is -2.17. The van der Waals surface area contributed by atoms with Crippen molar-refractivity contribution >= 4 is 15.9 Å². The van der Waals surface area contributed by atoms with Crippen LogP contribution in [0.3, 0.4) is 0 Å². The summed E-state index contributed by atoms with van der Waals surface area (Å²) in [5, 5.41) is 7.23. The number of sulfone groups is 1. The largest absolute Gasteiger partial charge is 0.412 e. The summed E-state index contributed by atoms with van der Waals surface area (Å²) in [4.78, 5) is 15.2. The molecule has 8 nitrogen and oxygen atoms in total. The van der Waals surface area contributed by atoms with E-state index in [2.05, 4.69) is 15.4 Å². The highest BCUT2D eigenvalue weighted by molar-refractivity contribution is 7.91. The van der Waals surface area contributed by atoms with Gasteiger partial charge in [-0.05, 0) is 68.3 Å². The molecule has 0 aliphatic rings. The molecule has 1 amide bonds. The fourth-order valence-corrected chi connectivity index (χ4v) is 5.57. The zero-order valence-corrected chi connectivity index (χ0v) is 21.9. The summed E-state index contributed by atoms with van der Waals surface area (Å²) < 4.78 is 63.4. The number of nitrogens with one attached hydrogen (secondary N) is 1. The van der Waals surface area contributed by atoms with E-state index in [0.29, 0.717) is 36.7 Å². The highest BCUT2D eigenvalue weighted by Gasteiger charge is 2.31. The molecule has 0 saturated heterocycles. The van der Waals surface area contributed by atoms with Gasteiger partial charge in [0.05, 0.1) is 4.90 Å². The standard InChI is InChI=1S/C27H26F2N4O4S/c1-4-12-31-27(34)37-22-8-9-23(38(35,36)24-15-19(28)6-7-21(24)29)25(17(22)3)26-20(16-33(5-2)32-26)18-10-13-30-14-11-18/h6-11,13-16H,4-5,12H2,1-3H3,(H,31,34).